The van der Waals surface area contributed by atoms with E-state index in [0.29, 0.717) is 0 Å². The van der Waals surface area contributed by atoms with Crippen molar-refractivity contribution in [2.75, 3.05) is 0 Å². The zero-order chi connectivity index (χ0) is 13.1. The fraction of sp³-hybridized carbons (Fsp3) is 0.263. The fourth-order valence-corrected chi connectivity index (χ4v) is 2.87. The Morgan fingerprint density at radius 3 is 2.58 bits per heavy atom. The molecular formula is C19H20. The Hall–Kier alpha value is -1.82. The van der Waals surface area contributed by atoms with Crippen molar-refractivity contribution < 1.29 is 0 Å². The van der Waals surface area contributed by atoms with E-state index >= 15 is 0 Å². The van der Waals surface area contributed by atoms with E-state index in [1.807, 2.05) is 0 Å². The first-order valence-corrected chi connectivity index (χ1v) is 7.25. The van der Waals surface area contributed by atoms with Crippen LogP contribution >= 0.6 is 0 Å². The van der Waals surface area contributed by atoms with Crippen LogP contribution in [0.15, 0.2) is 54.1 Å². The Morgan fingerprint density at radius 2 is 1.79 bits per heavy atom. The average molecular weight is 248 g/mol. The highest BCUT2D eigenvalue weighted by Gasteiger charge is 2.15. The maximum Gasteiger partial charge on any atom is -0.00576 e. The van der Waals surface area contributed by atoms with E-state index < -0.39 is 0 Å². The molecule has 0 nitrogen and oxygen atoms in total. The number of benzene rings is 2. The molecule has 3 rings (SSSR count). The first-order chi connectivity index (χ1) is 9.38. The summed E-state index contributed by atoms with van der Waals surface area (Å²) in [7, 11) is 0. The standard InChI is InChI=1S/C19H20/c1-2-3-8-15-13-17-11-7-12-18(19(17)14-15)16-9-5-4-6-10-16/h4-7,9-12,14H,2-3,8,13H2,1H3. The van der Waals surface area contributed by atoms with Crippen molar-refractivity contribution in [3.8, 4) is 11.1 Å². The van der Waals surface area contributed by atoms with Crippen molar-refractivity contribution in [1.29, 1.82) is 0 Å². The van der Waals surface area contributed by atoms with Crippen molar-refractivity contribution in [2.24, 2.45) is 0 Å². The van der Waals surface area contributed by atoms with Crippen molar-refractivity contribution in [1.82, 2.24) is 0 Å². The number of fused-ring (bicyclic) bond motifs is 1. The van der Waals surface area contributed by atoms with E-state index in [1.165, 1.54) is 41.5 Å². The van der Waals surface area contributed by atoms with Crippen molar-refractivity contribution in [3.63, 3.8) is 0 Å². The Morgan fingerprint density at radius 1 is 0.947 bits per heavy atom. The molecule has 0 heterocycles. The van der Waals surface area contributed by atoms with Gasteiger partial charge in [0.15, 0.2) is 0 Å². The maximum absolute atomic E-state index is 2.42. The molecule has 0 fully saturated rings. The minimum Gasteiger partial charge on any atom is -0.0654 e. The normalized spacial score (nSPS) is 13.2. The molecule has 0 unspecified atom stereocenters. The lowest BCUT2D eigenvalue weighted by molar-refractivity contribution is 0.779. The summed E-state index contributed by atoms with van der Waals surface area (Å²) < 4.78 is 0. The molecule has 0 saturated carbocycles. The SMILES string of the molecule is CCCCC1=Cc2c(cccc2-c2ccccc2)C1. The van der Waals surface area contributed by atoms with Gasteiger partial charge in [-0.25, -0.2) is 0 Å². The van der Waals surface area contributed by atoms with Gasteiger partial charge in [-0.2, -0.15) is 0 Å². The highest BCUT2D eigenvalue weighted by Crippen LogP contribution is 2.35. The molecule has 0 saturated heterocycles. The summed E-state index contributed by atoms with van der Waals surface area (Å²) in [5.74, 6) is 0. The molecule has 0 aliphatic heterocycles. The van der Waals surface area contributed by atoms with Gasteiger partial charge in [-0.15, -0.1) is 0 Å². The minimum absolute atomic E-state index is 1.15. The Labute approximate surface area is 115 Å². The van der Waals surface area contributed by atoms with Gasteiger partial charge in [-0.05, 0) is 41.5 Å². The summed E-state index contributed by atoms with van der Waals surface area (Å²) in [6, 6.07) is 17.4. The Balaban J connectivity index is 1.97. The zero-order valence-corrected chi connectivity index (χ0v) is 11.5. The second-order valence-electron chi connectivity index (χ2n) is 5.33. The summed E-state index contributed by atoms with van der Waals surface area (Å²) in [5.41, 5.74) is 7.24. The van der Waals surface area contributed by atoms with Gasteiger partial charge < -0.3 is 0 Å². The number of unbranched alkanes of at least 4 members (excludes halogenated alkanes) is 1. The first-order valence-electron chi connectivity index (χ1n) is 7.25. The molecule has 19 heavy (non-hydrogen) atoms. The highest BCUT2D eigenvalue weighted by atomic mass is 14.2. The van der Waals surface area contributed by atoms with Crippen LogP contribution in [0, 0.1) is 0 Å². The molecule has 0 amide bonds. The second kappa shape index (κ2) is 5.44. The first kappa shape index (κ1) is 12.2. The van der Waals surface area contributed by atoms with Crippen LogP contribution in [0.25, 0.3) is 17.2 Å². The van der Waals surface area contributed by atoms with E-state index in [2.05, 4.69) is 61.5 Å². The third-order valence-electron chi connectivity index (χ3n) is 3.90. The predicted octanol–water partition coefficient (Wildman–Crippen LogP) is 5.48. The van der Waals surface area contributed by atoms with Gasteiger partial charge >= 0.3 is 0 Å². The summed E-state index contributed by atoms with van der Waals surface area (Å²) in [6.07, 6.45) is 7.41. The van der Waals surface area contributed by atoms with Crippen molar-refractivity contribution >= 4 is 6.08 Å². The Kier molecular flexibility index (Phi) is 3.50. The molecule has 0 atom stereocenters. The van der Waals surface area contributed by atoms with E-state index in [4.69, 9.17) is 0 Å². The lowest BCUT2D eigenvalue weighted by atomic mass is 9.97. The van der Waals surface area contributed by atoms with Crippen molar-refractivity contribution in [3.05, 3.63) is 65.2 Å². The highest BCUT2D eigenvalue weighted by molar-refractivity contribution is 5.80. The lowest BCUT2D eigenvalue weighted by Crippen LogP contribution is -1.87. The predicted molar refractivity (Wildman–Crippen MR) is 83.1 cm³/mol. The van der Waals surface area contributed by atoms with Gasteiger partial charge in [0, 0.05) is 0 Å². The van der Waals surface area contributed by atoms with Crippen LogP contribution in [0.2, 0.25) is 0 Å². The van der Waals surface area contributed by atoms with Crippen LogP contribution < -0.4 is 0 Å². The molecule has 1 aliphatic rings. The summed E-state index contributed by atoms with van der Waals surface area (Å²) in [4.78, 5) is 0. The smallest absolute Gasteiger partial charge is 0.00576 e. The molecule has 1 aliphatic carbocycles. The van der Waals surface area contributed by atoms with Crippen LogP contribution in [-0.4, -0.2) is 0 Å². The number of rotatable bonds is 4. The van der Waals surface area contributed by atoms with Gasteiger partial charge in [0.25, 0.3) is 0 Å². The molecular weight excluding hydrogens is 228 g/mol. The molecule has 2 aromatic carbocycles. The number of hydrogen-bond acceptors (Lipinski definition) is 0. The molecule has 0 heteroatoms. The zero-order valence-electron chi connectivity index (χ0n) is 11.5. The largest absolute Gasteiger partial charge is 0.0654 e. The fourth-order valence-electron chi connectivity index (χ4n) is 2.87. The molecule has 96 valence electrons. The van der Waals surface area contributed by atoms with Crippen LogP contribution in [0.1, 0.15) is 37.3 Å². The second-order valence-corrected chi connectivity index (χ2v) is 5.33. The van der Waals surface area contributed by atoms with E-state index in [-0.39, 0.29) is 0 Å². The van der Waals surface area contributed by atoms with Gasteiger partial charge in [-0.1, -0.05) is 73.5 Å². The van der Waals surface area contributed by atoms with Crippen LogP contribution in [0.3, 0.4) is 0 Å². The Bertz CT molecular complexity index is 591. The third kappa shape index (κ3) is 2.49. The van der Waals surface area contributed by atoms with Gasteiger partial charge in [0.05, 0.1) is 0 Å². The maximum atomic E-state index is 2.42. The van der Waals surface area contributed by atoms with E-state index in [9.17, 15) is 0 Å². The topological polar surface area (TPSA) is 0 Å². The molecule has 2 aromatic rings. The molecule has 0 spiro atoms. The summed E-state index contributed by atoms with van der Waals surface area (Å²) in [5, 5.41) is 0. The van der Waals surface area contributed by atoms with Crippen LogP contribution in [0.4, 0.5) is 0 Å². The molecule has 0 radical (unpaired) electrons. The molecule has 0 N–H and O–H groups in total. The van der Waals surface area contributed by atoms with Crippen molar-refractivity contribution in [2.45, 2.75) is 32.6 Å². The molecule has 0 aromatic heterocycles. The monoisotopic (exact) mass is 248 g/mol. The number of allylic oxidation sites excluding steroid dienone is 1. The van der Waals surface area contributed by atoms with Gasteiger partial charge in [0.1, 0.15) is 0 Å². The minimum atomic E-state index is 1.15. The van der Waals surface area contributed by atoms with Crippen LogP contribution in [0.5, 0.6) is 0 Å². The van der Waals surface area contributed by atoms with Gasteiger partial charge in [-0.3, -0.25) is 0 Å². The van der Waals surface area contributed by atoms with Gasteiger partial charge in [0.2, 0.25) is 0 Å². The average Bonchev–Trinajstić information content (AvgIpc) is 2.88. The summed E-state index contributed by atoms with van der Waals surface area (Å²) in [6.45, 7) is 2.26. The quantitative estimate of drug-likeness (QED) is 0.671. The third-order valence-corrected chi connectivity index (χ3v) is 3.90. The molecule has 0 bridgehead atoms. The van der Waals surface area contributed by atoms with E-state index in [1.54, 1.807) is 5.57 Å². The van der Waals surface area contributed by atoms with E-state index in [0.717, 1.165) is 6.42 Å². The number of hydrogen-bond donors (Lipinski definition) is 0. The summed E-state index contributed by atoms with van der Waals surface area (Å²) >= 11 is 0. The lowest BCUT2D eigenvalue weighted by Gasteiger charge is -2.07. The van der Waals surface area contributed by atoms with Crippen LogP contribution in [-0.2, 0) is 6.42 Å².